The molecule has 1 amide bonds. The van der Waals surface area contributed by atoms with Gasteiger partial charge in [0.25, 0.3) is 5.91 Å². The Balaban J connectivity index is 1.86. The zero-order chi connectivity index (χ0) is 12.3. The number of rotatable bonds is 4. The maximum absolute atomic E-state index is 10.8. The van der Waals surface area contributed by atoms with Crippen molar-refractivity contribution in [2.75, 3.05) is 24.2 Å². The fourth-order valence-corrected chi connectivity index (χ4v) is 2.40. The quantitative estimate of drug-likeness (QED) is 0.608. The number of thioether (sulfide) groups is 1. The van der Waals surface area contributed by atoms with Crippen LogP contribution in [0.15, 0.2) is 34.3 Å². The fourth-order valence-electron chi connectivity index (χ4n) is 1.99. The summed E-state index contributed by atoms with van der Waals surface area (Å²) in [6.07, 6.45) is 2.33. The van der Waals surface area contributed by atoms with E-state index in [1.807, 2.05) is 6.26 Å². The van der Waals surface area contributed by atoms with Crippen molar-refractivity contribution in [2.24, 2.45) is 11.1 Å². The summed E-state index contributed by atoms with van der Waals surface area (Å²) in [6, 6.07) is 8.35. The fraction of sp³-hybridized carbons (Fsp3) is 0.417. The monoisotopic (exact) mass is 250 g/mol. The predicted octanol–water partition coefficient (Wildman–Crippen LogP) is 2.53. The SMILES string of the molecule is CSc1ccc(N2CC(CC(=O)N=O)C2)cc1. The first-order valence-electron chi connectivity index (χ1n) is 5.48. The lowest BCUT2D eigenvalue weighted by Crippen LogP contribution is -2.47. The summed E-state index contributed by atoms with van der Waals surface area (Å²) in [4.78, 5) is 24.3. The molecule has 0 N–H and O–H groups in total. The Morgan fingerprint density at radius 3 is 2.59 bits per heavy atom. The first-order chi connectivity index (χ1) is 8.22. The van der Waals surface area contributed by atoms with Crippen molar-refractivity contribution < 1.29 is 4.79 Å². The molecule has 1 saturated heterocycles. The summed E-state index contributed by atoms with van der Waals surface area (Å²) < 4.78 is 0. The van der Waals surface area contributed by atoms with E-state index in [2.05, 4.69) is 34.3 Å². The van der Waals surface area contributed by atoms with Crippen LogP contribution in [0.2, 0.25) is 0 Å². The lowest BCUT2D eigenvalue weighted by Gasteiger charge is -2.40. The van der Waals surface area contributed by atoms with Crippen LogP contribution >= 0.6 is 11.8 Å². The smallest absolute Gasteiger partial charge is 0.286 e. The van der Waals surface area contributed by atoms with Gasteiger partial charge in [-0.15, -0.1) is 16.7 Å². The highest BCUT2D eigenvalue weighted by atomic mass is 32.2. The highest BCUT2D eigenvalue weighted by molar-refractivity contribution is 7.98. The zero-order valence-electron chi connectivity index (χ0n) is 9.63. The molecule has 5 heteroatoms. The van der Waals surface area contributed by atoms with E-state index >= 15 is 0 Å². The van der Waals surface area contributed by atoms with Gasteiger partial charge >= 0.3 is 0 Å². The Morgan fingerprint density at radius 2 is 2.06 bits per heavy atom. The second-order valence-electron chi connectivity index (χ2n) is 4.16. The van der Waals surface area contributed by atoms with Gasteiger partial charge in [0, 0.05) is 41.2 Å². The molecule has 2 rings (SSSR count). The van der Waals surface area contributed by atoms with Crippen LogP contribution in [-0.2, 0) is 4.79 Å². The van der Waals surface area contributed by atoms with Crippen molar-refractivity contribution in [1.29, 1.82) is 0 Å². The van der Waals surface area contributed by atoms with E-state index < -0.39 is 5.91 Å². The van der Waals surface area contributed by atoms with Crippen LogP contribution in [0.25, 0.3) is 0 Å². The van der Waals surface area contributed by atoms with Crippen LogP contribution in [0.3, 0.4) is 0 Å². The first kappa shape index (κ1) is 12.1. The van der Waals surface area contributed by atoms with E-state index in [1.165, 1.54) is 10.6 Å². The van der Waals surface area contributed by atoms with Gasteiger partial charge in [0.15, 0.2) is 0 Å². The standard InChI is InChI=1S/C12H14N2O2S/c1-17-11-4-2-10(3-5-11)14-7-9(8-14)6-12(15)13-16/h2-5,9H,6-8H2,1H3. The molecule has 0 aromatic heterocycles. The third-order valence-corrected chi connectivity index (χ3v) is 3.70. The van der Waals surface area contributed by atoms with E-state index in [0.29, 0.717) is 0 Å². The maximum atomic E-state index is 10.8. The van der Waals surface area contributed by atoms with Crippen molar-refractivity contribution in [3.63, 3.8) is 0 Å². The minimum absolute atomic E-state index is 0.278. The number of nitrogens with zero attached hydrogens (tertiary/aromatic N) is 2. The molecule has 0 bridgehead atoms. The van der Waals surface area contributed by atoms with Crippen molar-refractivity contribution >= 4 is 23.4 Å². The van der Waals surface area contributed by atoms with Gasteiger partial charge in [-0.2, -0.15) is 0 Å². The van der Waals surface area contributed by atoms with Crippen molar-refractivity contribution in [3.8, 4) is 0 Å². The second-order valence-corrected chi connectivity index (χ2v) is 5.04. The Labute approximate surface area is 104 Å². The Hall–Kier alpha value is -1.36. The summed E-state index contributed by atoms with van der Waals surface area (Å²) >= 11 is 1.72. The summed E-state index contributed by atoms with van der Waals surface area (Å²) in [5.41, 5.74) is 1.17. The molecule has 1 aliphatic heterocycles. The van der Waals surface area contributed by atoms with Gasteiger partial charge in [0.05, 0.1) is 0 Å². The van der Waals surface area contributed by atoms with Gasteiger partial charge in [-0.1, -0.05) is 0 Å². The molecule has 4 nitrogen and oxygen atoms in total. The molecule has 1 aliphatic rings. The van der Waals surface area contributed by atoms with Crippen LogP contribution in [0.1, 0.15) is 6.42 Å². The first-order valence-corrected chi connectivity index (χ1v) is 6.70. The number of anilines is 1. The molecule has 1 heterocycles. The average Bonchev–Trinajstić information content (AvgIpc) is 2.33. The number of carbonyl (C=O) groups is 1. The molecule has 1 aromatic rings. The van der Waals surface area contributed by atoms with Crippen molar-refractivity contribution in [3.05, 3.63) is 29.2 Å². The largest absolute Gasteiger partial charge is 0.371 e. The molecule has 0 unspecified atom stereocenters. The number of hydrogen-bond donors (Lipinski definition) is 0. The molecule has 0 saturated carbocycles. The van der Waals surface area contributed by atoms with E-state index in [-0.39, 0.29) is 12.3 Å². The number of amides is 1. The molecule has 1 aromatic carbocycles. The summed E-state index contributed by atoms with van der Waals surface area (Å²) in [5.74, 6) is -0.257. The van der Waals surface area contributed by atoms with Crippen LogP contribution < -0.4 is 4.90 Å². The van der Waals surface area contributed by atoms with E-state index in [1.54, 1.807) is 11.8 Å². The topological polar surface area (TPSA) is 49.7 Å². The van der Waals surface area contributed by atoms with Crippen LogP contribution in [0.4, 0.5) is 5.69 Å². The Bertz CT molecular complexity index is 413. The highest BCUT2D eigenvalue weighted by Gasteiger charge is 2.28. The maximum Gasteiger partial charge on any atom is 0.286 e. The lowest BCUT2D eigenvalue weighted by molar-refractivity contribution is -0.119. The third-order valence-electron chi connectivity index (χ3n) is 2.96. The molecule has 0 spiro atoms. The molecule has 90 valence electrons. The van der Waals surface area contributed by atoms with Crippen LogP contribution in [-0.4, -0.2) is 25.3 Å². The normalized spacial score (nSPS) is 15.5. The van der Waals surface area contributed by atoms with E-state index in [0.717, 1.165) is 13.1 Å². The Morgan fingerprint density at radius 1 is 1.41 bits per heavy atom. The summed E-state index contributed by atoms with van der Waals surface area (Å²) in [6.45, 7) is 1.67. The summed E-state index contributed by atoms with van der Waals surface area (Å²) in [5, 5.41) is 2.42. The molecular formula is C12H14N2O2S. The number of benzene rings is 1. The van der Waals surface area contributed by atoms with Gasteiger partial charge < -0.3 is 4.90 Å². The molecule has 0 aliphatic carbocycles. The lowest BCUT2D eigenvalue weighted by atomic mass is 9.95. The van der Waals surface area contributed by atoms with Crippen molar-refractivity contribution in [2.45, 2.75) is 11.3 Å². The van der Waals surface area contributed by atoms with Gasteiger partial charge in [-0.3, -0.25) is 4.79 Å². The van der Waals surface area contributed by atoms with Crippen molar-refractivity contribution in [1.82, 2.24) is 0 Å². The average molecular weight is 250 g/mol. The molecule has 17 heavy (non-hydrogen) atoms. The number of nitroso groups, excluding NO2 is 1. The van der Waals surface area contributed by atoms with Gasteiger partial charge in [0.1, 0.15) is 0 Å². The third kappa shape index (κ3) is 2.85. The molecular weight excluding hydrogens is 236 g/mol. The van der Waals surface area contributed by atoms with Gasteiger partial charge in [0.2, 0.25) is 0 Å². The van der Waals surface area contributed by atoms with Gasteiger partial charge in [-0.05, 0) is 30.5 Å². The van der Waals surface area contributed by atoms with E-state index in [9.17, 15) is 9.70 Å². The highest BCUT2D eigenvalue weighted by Crippen LogP contribution is 2.28. The number of carbonyl (C=O) groups excluding carboxylic acids is 1. The number of hydrogen-bond acceptors (Lipinski definition) is 4. The minimum atomic E-state index is -0.535. The molecule has 0 radical (unpaired) electrons. The summed E-state index contributed by atoms with van der Waals surface area (Å²) in [7, 11) is 0. The second kappa shape index (κ2) is 5.31. The molecule has 1 fully saturated rings. The minimum Gasteiger partial charge on any atom is -0.371 e. The predicted molar refractivity (Wildman–Crippen MR) is 69.3 cm³/mol. The van der Waals surface area contributed by atoms with E-state index in [4.69, 9.17) is 0 Å². The Kier molecular flexibility index (Phi) is 3.78. The molecule has 0 atom stereocenters. The van der Waals surface area contributed by atoms with Crippen LogP contribution in [0, 0.1) is 10.8 Å². The van der Waals surface area contributed by atoms with Crippen LogP contribution in [0.5, 0.6) is 0 Å². The van der Waals surface area contributed by atoms with Gasteiger partial charge in [-0.25, -0.2) is 0 Å². The zero-order valence-corrected chi connectivity index (χ0v) is 10.4.